The molecule has 23 heavy (non-hydrogen) atoms. The van der Waals surface area contributed by atoms with E-state index in [1.54, 1.807) is 18.0 Å². The highest BCUT2D eigenvalue weighted by molar-refractivity contribution is 6.42. The van der Waals surface area contributed by atoms with E-state index in [-0.39, 0.29) is 17.3 Å². The van der Waals surface area contributed by atoms with E-state index in [1.807, 2.05) is 24.3 Å². The van der Waals surface area contributed by atoms with Gasteiger partial charge in [-0.1, -0.05) is 16.8 Å². The lowest BCUT2D eigenvalue weighted by Gasteiger charge is -2.08. The van der Waals surface area contributed by atoms with Crippen LogP contribution in [0.3, 0.4) is 0 Å². The first kappa shape index (κ1) is 15.3. The van der Waals surface area contributed by atoms with E-state index in [1.165, 1.54) is 0 Å². The predicted molar refractivity (Wildman–Crippen MR) is 79.7 cm³/mol. The second kappa shape index (κ2) is 6.27. The SMILES string of the molecule is COc1ccc(-n2cc(CNC3=C(Cl)C(=O)OC3O)nn2)cc1. The lowest BCUT2D eigenvalue weighted by atomic mass is 10.3. The minimum atomic E-state index is -1.38. The average molecular weight is 337 g/mol. The van der Waals surface area contributed by atoms with Crippen LogP contribution >= 0.6 is 11.6 Å². The first-order valence-electron chi connectivity index (χ1n) is 6.66. The second-order valence-corrected chi connectivity index (χ2v) is 5.07. The molecule has 1 unspecified atom stereocenters. The zero-order chi connectivity index (χ0) is 16.4. The average Bonchev–Trinajstić information content (AvgIpc) is 3.12. The number of benzene rings is 1. The van der Waals surface area contributed by atoms with Gasteiger partial charge < -0.3 is 19.9 Å². The molecule has 0 amide bonds. The summed E-state index contributed by atoms with van der Waals surface area (Å²) in [6, 6.07) is 7.32. The molecule has 2 heterocycles. The van der Waals surface area contributed by atoms with Crippen LogP contribution in [-0.2, 0) is 16.1 Å². The number of methoxy groups -OCH3 is 1. The summed E-state index contributed by atoms with van der Waals surface area (Å²) in [7, 11) is 1.60. The van der Waals surface area contributed by atoms with Crippen LogP contribution in [0, 0.1) is 0 Å². The van der Waals surface area contributed by atoms with Crippen molar-refractivity contribution in [1.29, 1.82) is 0 Å². The smallest absolute Gasteiger partial charge is 0.354 e. The van der Waals surface area contributed by atoms with Gasteiger partial charge in [0.2, 0.25) is 6.29 Å². The van der Waals surface area contributed by atoms with Gasteiger partial charge in [0.05, 0.1) is 25.5 Å². The number of cyclic esters (lactones) is 1. The van der Waals surface area contributed by atoms with Gasteiger partial charge in [0, 0.05) is 0 Å². The lowest BCUT2D eigenvalue weighted by Crippen LogP contribution is -2.22. The molecule has 0 bridgehead atoms. The molecule has 1 aromatic heterocycles. The van der Waals surface area contributed by atoms with Crippen molar-refractivity contribution in [3.8, 4) is 11.4 Å². The molecule has 9 heteroatoms. The van der Waals surface area contributed by atoms with Crippen molar-refractivity contribution in [1.82, 2.24) is 20.3 Å². The van der Waals surface area contributed by atoms with Crippen molar-refractivity contribution in [3.05, 3.63) is 46.9 Å². The van der Waals surface area contributed by atoms with Crippen molar-refractivity contribution < 1.29 is 19.4 Å². The predicted octanol–water partition coefficient (Wildman–Crippen LogP) is 0.691. The number of carbonyl (C=O) groups excluding carboxylic acids is 1. The molecule has 120 valence electrons. The summed E-state index contributed by atoms with van der Waals surface area (Å²) >= 11 is 5.75. The molecule has 8 nitrogen and oxygen atoms in total. The van der Waals surface area contributed by atoms with E-state index in [4.69, 9.17) is 16.3 Å². The minimum Gasteiger partial charge on any atom is -0.497 e. The number of ether oxygens (including phenoxy) is 2. The third-order valence-electron chi connectivity index (χ3n) is 3.22. The van der Waals surface area contributed by atoms with E-state index in [0.29, 0.717) is 5.69 Å². The molecule has 0 saturated carbocycles. The summed E-state index contributed by atoms with van der Waals surface area (Å²) < 4.78 is 11.3. The number of halogens is 1. The number of rotatable bonds is 5. The van der Waals surface area contributed by atoms with Crippen molar-refractivity contribution in [2.75, 3.05) is 7.11 Å². The summed E-state index contributed by atoms with van der Waals surface area (Å²) in [6.45, 7) is 0.232. The fourth-order valence-corrected chi connectivity index (χ4v) is 2.23. The summed E-state index contributed by atoms with van der Waals surface area (Å²) in [5.41, 5.74) is 1.54. The van der Waals surface area contributed by atoms with Gasteiger partial charge in [0.15, 0.2) is 5.03 Å². The number of carbonyl (C=O) groups is 1. The van der Waals surface area contributed by atoms with Crippen LogP contribution in [0.5, 0.6) is 5.75 Å². The monoisotopic (exact) mass is 336 g/mol. The normalized spacial score (nSPS) is 17.3. The first-order chi connectivity index (χ1) is 11.1. The van der Waals surface area contributed by atoms with Crippen molar-refractivity contribution in [2.45, 2.75) is 12.8 Å². The molecule has 0 spiro atoms. The summed E-state index contributed by atoms with van der Waals surface area (Å²) in [5, 5.41) is 20.2. The largest absolute Gasteiger partial charge is 0.497 e. The fourth-order valence-electron chi connectivity index (χ4n) is 2.02. The quantitative estimate of drug-likeness (QED) is 0.775. The first-order valence-corrected chi connectivity index (χ1v) is 7.04. The maximum atomic E-state index is 11.2. The molecule has 2 N–H and O–H groups in total. The Morgan fingerprint density at radius 2 is 2.17 bits per heavy atom. The van der Waals surface area contributed by atoms with Crippen LogP contribution in [0.15, 0.2) is 41.2 Å². The Bertz CT molecular complexity index is 756. The molecule has 0 aliphatic carbocycles. The van der Waals surface area contributed by atoms with Crippen LogP contribution in [0.1, 0.15) is 5.69 Å². The van der Waals surface area contributed by atoms with E-state index in [2.05, 4.69) is 20.4 Å². The van der Waals surface area contributed by atoms with Gasteiger partial charge in [-0.3, -0.25) is 0 Å². The van der Waals surface area contributed by atoms with Gasteiger partial charge in [-0.25, -0.2) is 9.48 Å². The van der Waals surface area contributed by atoms with Crippen molar-refractivity contribution in [2.24, 2.45) is 0 Å². The summed E-state index contributed by atoms with van der Waals surface area (Å²) in [4.78, 5) is 11.2. The van der Waals surface area contributed by atoms with Crippen molar-refractivity contribution >= 4 is 17.6 Å². The van der Waals surface area contributed by atoms with Gasteiger partial charge in [0.1, 0.15) is 17.1 Å². The van der Waals surface area contributed by atoms with Gasteiger partial charge in [0.25, 0.3) is 0 Å². The molecule has 3 rings (SSSR count). The minimum absolute atomic E-state index is 0.121. The van der Waals surface area contributed by atoms with E-state index in [0.717, 1.165) is 11.4 Å². The van der Waals surface area contributed by atoms with Gasteiger partial charge in [-0.15, -0.1) is 5.10 Å². The second-order valence-electron chi connectivity index (χ2n) is 4.69. The third kappa shape index (κ3) is 3.13. The van der Waals surface area contributed by atoms with Gasteiger partial charge >= 0.3 is 5.97 Å². The standard InChI is InChI=1S/C14H13ClN4O4/c1-22-10-4-2-9(3-5-10)19-7-8(17-18-19)6-16-12-11(15)13(20)23-14(12)21/h2-5,7,14,16,21H,6H2,1H3. The Kier molecular flexibility index (Phi) is 4.18. The van der Waals surface area contributed by atoms with E-state index >= 15 is 0 Å². The molecule has 0 radical (unpaired) electrons. The van der Waals surface area contributed by atoms with E-state index in [9.17, 15) is 9.90 Å². The summed E-state index contributed by atoms with van der Waals surface area (Å²) in [6.07, 6.45) is 0.333. The van der Waals surface area contributed by atoms with Crippen LogP contribution in [0.25, 0.3) is 5.69 Å². The van der Waals surface area contributed by atoms with Crippen LogP contribution in [-0.4, -0.2) is 39.5 Å². The Labute approximate surface area is 136 Å². The maximum absolute atomic E-state index is 11.2. The van der Waals surface area contributed by atoms with Crippen molar-refractivity contribution in [3.63, 3.8) is 0 Å². The highest BCUT2D eigenvalue weighted by Gasteiger charge is 2.31. The number of aliphatic hydroxyl groups is 1. The molecule has 0 saturated heterocycles. The number of aromatic nitrogens is 3. The van der Waals surface area contributed by atoms with Crippen LogP contribution in [0.2, 0.25) is 0 Å². The Morgan fingerprint density at radius 3 is 2.78 bits per heavy atom. The zero-order valence-corrected chi connectivity index (χ0v) is 12.8. The lowest BCUT2D eigenvalue weighted by molar-refractivity contribution is -0.151. The van der Waals surface area contributed by atoms with E-state index < -0.39 is 12.3 Å². The molecule has 1 atom stereocenters. The Morgan fingerprint density at radius 1 is 1.43 bits per heavy atom. The molecule has 1 aliphatic heterocycles. The molecule has 2 aromatic rings. The summed E-state index contributed by atoms with van der Waals surface area (Å²) in [5.74, 6) is -0.0132. The molecule has 1 aromatic carbocycles. The highest BCUT2D eigenvalue weighted by atomic mass is 35.5. The molecular formula is C14H13ClN4O4. The number of aliphatic hydroxyl groups excluding tert-OH is 1. The van der Waals surface area contributed by atoms with Gasteiger partial charge in [-0.2, -0.15) is 0 Å². The number of hydrogen-bond donors (Lipinski definition) is 2. The topological polar surface area (TPSA) is 98.5 Å². The van der Waals surface area contributed by atoms with Gasteiger partial charge in [-0.05, 0) is 24.3 Å². The highest BCUT2D eigenvalue weighted by Crippen LogP contribution is 2.22. The zero-order valence-electron chi connectivity index (χ0n) is 12.1. The Balaban J connectivity index is 1.69. The maximum Gasteiger partial charge on any atom is 0.354 e. The fraction of sp³-hybridized carbons (Fsp3) is 0.214. The molecule has 0 fully saturated rings. The number of esters is 1. The third-order valence-corrected chi connectivity index (χ3v) is 3.58. The number of hydrogen-bond acceptors (Lipinski definition) is 7. The number of nitrogens with zero attached hydrogens (tertiary/aromatic N) is 3. The Hall–Kier alpha value is -2.58. The molecular weight excluding hydrogens is 324 g/mol. The number of nitrogens with one attached hydrogen (secondary N) is 1. The molecule has 1 aliphatic rings. The van der Waals surface area contributed by atoms with Crippen LogP contribution < -0.4 is 10.1 Å². The van der Waals surface area contributed by atoms with Crippen LogP contribution in [0.4, 0.5) is 0 Å².